The molecule has 0 unspecified atom stereocenters. The first-order valence-electron chi connectivity index (χ1n) is 9.33. The van der Waals surface area contributed by atoms with Crippen molar-refractivity contribution in [1.82, 2.24) is 20.3 Å². The second-order valence-corrected chi connectivity index (χ2v) is 6.94. The average molecular weight is 381 g/mol. The summed E-state index contributed by atoms with van der Waals surface area (Å²) in [7, 11) is 0. The van der Waals surface area contributed by atoms with Gasteiger partial charge in [-0.1, -0.05) is 0 Å². The summed E-state index contributed by atoms with van der Waals surface area (Å²) in [5, 5.41) is 3.70. The van der Waals surface area contributed by atoms with E-state index in [9.17, 15) is 4.79 Å². The second kappa shape index (κ2) is 7.55. The van der Waals surface area contributed by atoms with E-state index in [1.54, 1.807) is 0 Å². The number of morpholine rings is 1. The number of amides is 1. The van der Waals surface area contributed by atoms with Gasteiger partial charge in [-0.3, -0.25) is 4.79 Å². The number of anilines is 1. The Balaban J connectivity index is 1.70. The first-order chi connectivity index (χ1) is 13.5. The van der Waals surface area contributed by atoms with Crippen molar-refractivity contribution in [2.45, 2.75) is 27.3 Å². The normalized spacial score (nSPS) is 14.5. The molecule has 1 N–H and O–H groups in total. The lowest BCUT2D eigenvalue weighted by Gasteiger charge is -2.29. The molecule has 1 amide bonds. The molecule has 0 atom stereocenters. The molecule has 3 aromatic heterocycles. The number of fused-ring (bicyclic) bond motifs is 1. The lowest BCUT2D eigenvalue weighted by atomic mass is 10.1. The molecule has 0 bridgehead atoms. The van der Waals surface area contributed by atoms with Crippen LogP contribution in [-0.4, -0.2) is 47.2 Å². The maximum atomic E-state index is 12.7. The highest BCUT2D eigenvalue weighted by molar-refractivity contribution is 5.96. The van der Waals surface area contributed by atoms with Gasteiger partial charge in [0.05, 0.1) is 25.1 Å². The van der Waals surface area contributed by atoms with Gasteiger partial charge in [0.1, 0.15) is 17.3 Å². The number of furan rings is 1. The summed E-state index contributed by atoms with van der Waals surface area (Å²) < 4.78 is 11.0. The van der Waals surface area contributed by atoms with Crippen molar-refractivity contribution in [2.75, 3.05) is 31.2 Å². The lowest BCUT2D eigenvalue weighted by Crippen LogP contribution is -2.37. The summed E-state index contributed by atoms with van der Waals surface area (Å²) in [6.45, 7) is 8.76. The van der Waals surface area contributed by atoms with Crippen LogP contribution in [0.5, 0.6) is 0 Å². The van der Waals surface area contributed by atoms with Crippen molar-refractivity contribution in [1.29, 1.82) is 0 Å². The molecule has 1 saturated heterocycles. The van der Waals surface area contributed by atoms with E-state index < -0.39 is 0 Å². The number of nitrogens with one attached hydrogen (secondary N) is 1. The van der Waals surface area contributed by atoms with Crippen LogP contribution in [0.1, 0.15) is 33.4 Å². The molecule has 0 radical (unpaired) electrons. The van der Waals surface area contributed by atoms with E-state index in [1.165, 1.54) is 0 Å². The summed E-state index contributed by atoms with van der Waals surface area (Å²) in [6, 6.07) is 5.71. The molecule has 1 aliphatic rings. The van der Waals surface area contributed by atoms with Crippen LogP contribution >= 0.6 is 0 Å². The van der Waals surface area contributed by atoms with Gasteiger partial charge in [0.25, 0.3) is 5.91 Å². The van der Waals surface area contributed by atoms with Crippen LogP contribution in [0.4, 0.5) is 5.82 Å². The second-order valence-electron chi connectivity index (χ2n) is 6.94. The van der Waals surface area contributed by atoms with E-state index >= 15 is 0 Å². The maximum absolute atomic E-state index is 12.7. The summed E-state index contributed by atoms with van der Waals surface area (Å²) in [5.41, 5.74) is 2.43. The zero-order valence-electron chi connectivity index (χ0n) is 16.3. The Morgan fingerprint density at radius 1 is 1.14 bits per heavy atom. The molecule has 4 heterocycles. The Kier molecular flexibility index (Phi) is 4.95. The SMILES string of the molecule is Cc1cc(C)c2c(N3CCOCC3)nc(C(=O)NCc3ccc(C)o3)nc2n1. The molecule has 1 fully saturated rings. The topological polar surface area (TPSA) is 93.4 Å². The summed E-state index contributed by atoms with van der Waals surface area (Å²) in [6.07, 6.45) is 0. The minimum absolute atomic E-state index is 0.106. The fraction of sp³-hybridized carbons (Fsp3) is 0.400. The van der Waals surface area contributed by atoms with Gasteiger partial charge in [0.15, 0.2) is 5.65 Å². The molecule has 4 rings (SSSR count). The molecule has 0 aliphatic carbocycles. The molecule has 146 valence electrons. The van der Waals surface area contributed by atoms with Gasteiger partial charge in [-0.05, 0) is 44.5 Å². The minimum Gasteiger partial charge on any atom is -0.465 e. The third-order valence-electron chi connectivity index (χ3n) is 4.71. The van der Waals surface area contributed by atoms with Gasteiger partial charge in [-0.15, -0.1) is 0 Å². The van der Waals surface area contributed by atoms with Gasteiger partial charge in [-0.25, -0.2) is 15.0 Å². The lowest BCUT2D eigenvalue weighted by molar-refractivity contribution is 0.0937. The third kappa shape index (κ3) is 3.68. The Morgan fingerprint density at radius 3 is 2.64 bits per heavy atom. The summed E-state index contributed by atoms with van der Waals surface area (Å²) in [5.74, 6) is 1.97. The Bertz CT molecular complexity index is 1020. The largest absolute Gasteiger partial charge is 0.465 e. The standard InChI is InChI=1S/C20H23N5O3/c1-12-10-13(2)22-17-16(12)19(25-6-8-27-9-7-25)24-18(23-17)20(26)21-11-15-5-4-14(3)28-15/h4-5,10H,6-9,11H2,1-3H3,(H,21,26). The number of hydrogen-bond donors (Lipinski definition) is 1. The number of rotatable bonds is 4. The van der Waals surface area contributed by atoms with Crippen molar-refractivity contribution in [3.05, 3.63) is 46.8 Å². The molecular formula is C20H23N5O3. The summed E-state index contributed by atoms with van der Waals surface area (Å²) >= 11 is 0. The maximum Gasteiger partial charge on any atom is 0.289 e. The number of nitrogens with zero attached hydrogens (tertiary/aromatic N) is 4. The number of pyridine rings is 1. The van der Waals surface area contributed by atoms with Gasteiger partial charge >= 0.3 is 0 Å². The number of carbonyl (C=O) groups excluding carboxylic acids is 1. The average Bonchev–Trinajstić information content (AvgIpc) is 3.10. The number of aromatic nitrogens is 3. The number of aryl methyl sites for hydroxylation is 3. The van der Waals surface area contributed by atoms with Gasteiger partial charge in [-0.2, -0.15) is 0 Å². The van der Waals surface area contributed by atoms with E-state index in [1.807, 2.05) is 39.0 Å². The quantitative estimate of drug-likeness (QED) is 0.741. The molecule has 1 aliphatic heterocycles. The van der Waals surface area contributed by atoms with Gasteiger partial charge in [0, 0.05) is 18.8 Å². The van der Waals surface area contributed by atoms with E-state index in [-0.39, 0.29) is 18.3 Å². The number of ether oxygens (including phenoxy) is 1. The van der Waals surface area contributed by atoms with Crippen molar-refractivity contribution >= 4 is 22.8 Å². The molecule has 0 saturated carbocycles. The molecular weight excluding hydrogens is 358 g/mol. The van der Waals surface area contributed by atoms with Gasteiger partial charge < -0.3 is 19.4 Å². The van der Waals surface area contributed by atoms with Crippen LogP contribution in [0, 0.1) is 20.8 Å². The van der Waals surface area contributed by atoms with Crippen LogP contribution in [-0.2, 0) is 11.3 Å². The number of hydrogen-bond acceptors (Lipinski definition) is 7. The van der Waals surface area contributed by atoms with E-state index in [4.69, 9.17) is 9.15 Å². The Morgan fingerprint density at radius 2 is 1.93 bits per heavy atom. The van der Waals surface area contributed by atoms with E-state index in [0.717, 1.165) is 28.2 Å². The van der Waals surface area contributed by atoms with Crippen molar-refractivity contribution in [2.24, 2.45) is 0 Å². The van der Waals surface area contributed by atoms with Crippen molar-refractivity contribution in [3.8, 4) is 0 Å². The van der Waals surface area contributed by atoms with Crippen molar-refractivity contribution in [3.63, 3.8) is 0 Å². The third-order valence-corrected chi connectivity index (χ3v) is 4.71. The molecule has 8 heteroatoms. The molecule has 0 spiro atoms. The zero-order valence-corrected chi connectivity index (χ0v) is 16.3. The van der Waals surface area contributed by atoms with Crippen LogP contribution in [0.2, 0.25) is 0 Å². The Hall–Kier alpha value is -3.00. The zero-order chi connectivity index (χ0) is 19.7. The van der Waals surface area contributed by atoms with Gasteiger partial charge in [0.2, 0.25) is 5.82 Å². The monoisotopic (exact) mass is 381 g/mol. The Labute approximate surface area is 162 Å². The van der Waals surface area contributed by atoms with Crippen LogP contribution < -0.4 is 10.2 Å². The minimum atomic E-state index is -0.355. The predicted octanol–water partition coefficient (Wildman–Crippen LogP) is 2.31. The highest BCUT2D eigenvalue weighted by Crippen LogP contribution is 2.27. The van der Waals surface area contributed by atoms with Crippen LogP contribution in [0.3, 0.4) is 0 Å². The van der Waals surface area contributed by atoms with Crippen LogP contribution in [0.15, 0.2) is 22.6 Å². The first kappa shape index (κ1) is 18.4. The fourth-order valence-corrected chi connectivity index (χ4v) is 3.39. The highest BCUT2D eigenvalue weighted by Gasteiger charge is 2.22. The summed E-state index contributed by atoms with van der Waals surface area (Å²) in [4.78, 5) is 28.5. The number of carbonyl (C=O) groups is 1. The molecule has 8 nitrogen and oxygen atoms in total. The first-order valence-corrected chi connectivity index (χ1v) is 9.33. The smallest absolute Gasteiger partial charge is 0.289 e. The van der Waals surface area contributed by atoms with Crippen LogP contribution in [0.25, 0.3) is 11.0 Å². The van der Waals surface area contributed by atoms with Crippen molar-refractivity contribution < 1.29 is 13.9 Å². The molecule has 3 aromatic rings. The predicted molar refractivity (Wildman–Crippen MR) is 104 cm³/mol. The molecule has 28 heavy (non-hydrogen) atoms. The highest BCUT2D eigenvalue weighted by atomic mass is 16.5. The van der Waals surface area contributed by atoms with E-state index in [0.29, 0.717) is 37.7 Å². The molecule has 0 aromatic carbocycles. The fourth-order valence-electron chi connectivity index (χ4n) is 3.39. The van der Waals surface area contributed by atoms with E-state index in [2.05, 4.69) is 25.2 Å².